The summed E-state index contributed by atoms with van der Waals surface area (Å²) in [7, 11) is 3.94. The highest BCUT2D eigenvalue weighted by atomic mass is 16.7. The Morgan fingerprint density at radius 1 is 0.859 bits per heavy atom. The number of fused-ring (bicyclic) bond motifs is 3. The van der Waals surface area contributed by atoms with Crippen molar-refractivity contribution in [3.8, 4) is 0 Å². The third kappa shape index (κ3) is 13.4. The second-order valence-electron chi connectivity index (χ2n) is 21.4. The maximum atomic E-state index is 13.8. The first kappa shape index (κ1) is 53.4. The quantitative estimate of drug-likeness (QED) is 0.141. The van der Waals surface area contributed by atoms with E-state index in [1.54, 1.807) is 0 Å². The van der Waals surface area contributed by atoms with Crippen LogP contribution in [0.4, 0.5) is 0 Å². The van der Waals surface area contributed by atoms with Crippen LogP contribution in [0, 0.1) is 17.8 Å². The van der Waals surface area contributed by atoms with E-state index in [1.165, 1.54) is 20.8 Å². The molecule has 370 valence electrons. The molecule has 18 atom stereocenters. The molecule has 15 heteroatoms. The molecule has 0 aromatic carbocycles. The van der Waals surface area contributed by atoms with Gasteiger partial charge in [-0.3, -0.25) is 0 Å². The molecular formula is C49H85NO14. The summed E-state index contributed by atoms with van der Waals surface area (Å²) < 4.78 is 38.7. The van der Waals surface area contributed by atoms with Crippen LogP contribution in [0.25, 0.3) is 0 Å². The zero-order valence-corrected chi connectivity index (χ0v) is 40.4. The Labute approximate surface area is 382 Å². The van der Waals surface area contributed by atoms with Crippen LogP contribution in [0.15, 0.2) is 24.3 Å². The highest BCUT2D eigenvalue weighted by molar-refractivity contribution is 5.82. The summed E-state index contributed by atoms with van der Waals surface area (Å²) in [5.74, 6) is -5.49. The molecular weight excluding hydrogens is 827 g/mol. The second-order valence-corrected chi connectivity index (χ2v) is 21.4. The van der Waals surface area contributed by atoms with Gasteiger partial charge in [0.15, 0.2) is 17.9 Å². The fraction of sp³-hybridized carbons (Fsp3) is 0.898. The van der Waals surface area contributed by atoms with Crippen LogP contribution in [0.1, 0.15) is 152 Å². The Balaban J connectivity index is 1.45. The van der Waals surface area contributed by atoms with E-state index in [2.05, 4.69) is 11.0 Å². The molecule has 64 heavy (non-hydrogen) atoms. The molecule has 0 aromatic heterocycles. The normalized spacial score (nSPS) is 47.3. The molecule has 0 aromatic rings. The van der Waals surface area contributed by atoms with Gasteiger partial charge < -0.3 is 69.1 Å². The average molecular weight is 912 g/mol. The average Bonchev–Trinajstić information content (AvgIpc) is 3.45. The zero-order chi connectivity index (χ0) is 47.4. The van der Waals surface area contributed by atoms with Gasteiger partial charge in [-0.15, -0.1) is 0 Å². The minimum absolute atomic E-state index is 0.0790. The Kier molecular flexibility index (Phi) is 18.2. The fourth-order valence-electron chi connectivity index (χ4n) is 10.9. The van der Waals surface area contributed by atoms with Gasteiger partial charge in [0, 0.05) is 49.1 Å². The number of allylic oxidation sites excluding steroid dienone is 1. The summed E-state index contributed by atoms with van der Waals surface area (Å²) in [6.07, 6.45) is 4.66. The third-order valence-electron chi connectivity index (χ3n) is 15.0. The molecule has 5 rings (SSSR count). The first-order chi connectivity index (χ1) is 29.8. The number of carbonyl (C=O) groups is 1. The third-order valence-corrected chi connectivity index (χ3v) is 15.0. The number of rotatable bonds is 6. The van der Waals surface area contributed by atoms with E-state index in [1.807, 2.05) is 54.8 Å². The summed E-state index contributed by atoms with van der Waals surface area (Å²) in [5, 5.41) is 81.8. The molecule has 0 amide bonds. The molecule has 0 saturated carbocycles. The molecule has 0 aliphatic carbocycles. The smallest absolute Gasteiger partial charge is 0.330 e. The Hall–Kier alpha value is -1.57. The van der Waals surface area contributed by atoms with Gasteiger partial charge >= 0.3 is 5.97 Å². The number of nitrogens with zero attached hydrogens (tertiary/aromatic N) is 1. The second kappa shape index (κ2) is 21.8. The van der Waals surface area contributed by atoms with Crippen molar-refractivity contribution < 1.29 is 69.0 Å². The molecule has 1 spiro atoms. The first-order valence-corrected chi connectivity index (χ1v) is 24.3. The largest absolute Gasteiger partial charge is 0.459 e. The number of likely N-dealkylation sites (N-methyl/N-ethyl adjacent to an activating group) is 1. The van der Waals surface area contributed by atoms with Crippen molar-refractivity contribution in [2.75, 3.05) is 14.1 Å². The van der Waals surface area contributed by atoms with E-state index < -0.39 is 95.2 Å². The zero-order valence-electron chi connectivity index (χ0n) is 40.4. The van der Waals surface area contributed by atoms with E-state index in [4.69, 9.17) is 28.4 Å². The van der Waals surface area contributed by atoms with Crippen LogP contribution in [0.5, 0.6) is 0 Å². The summed E-state index contributed by atoms with van der Waals surface area (Å²) in [6, 6.07) is 0.128. The van der Waals surface area contributed by atoms with Crippen LogP contribution < -0.4 is 0 Å². The molecule has 7 N–H and O–H groups in total. The van der Waals surface area contributed by atoms with Crippen molar-refractivity contribution in [1.29, 1.82) is 0 Å². The van der Waals surface area contributed by atoms with Gasteiger partial charge in [-0.2, -0.15) is 0 Å². The lowest BCUT2D eigenvalue weighted by molar-refractivity contribution is -0.352. The van der Waals surface area contributed by atoms with Crippen molar-refractivity contribution >= 4 is 5.97 Å². The Morgan fingerprint density at radius 2 is 1.58 bits per heavy atom. The van der Waals surface area contributed by atoms with Crippen molar-refractivity contribution in [1.82, 2.24) is 4.90 Å². The van der Waals surface area contributed by atoms with Crippen LogP contribution in [0.3, 0.4) is 0 Å². The number of esters is 1. The summed E-state index contributed by atoms with van der Waals surface area (Å²) in [4.78, 5) is 15.8. The summed E-state index contributed by atoms with van der Waals surface area (Å²) in [5.41, 5.74) is -4.43. The maximum absolute atomic E-state index is 13.8. The van der Waals surface area contributed by atoms with Crippen molar-refractivity contribution in [3.63, 3.8) is 0 Å². The van der Waals surface area contributed by atoms with E-state index >= 15 is 0 Å². The fourth-order valence-corrected chi connectivity index (χ4v) is 10.9. The van der Waals surface area contributed by atoms with E-state index in [9.17, 15) is 40.5 Å². The molecule has 4 saturated heterocycles. The van der Waals surface area contributed by atoms with Crippen molar-refractivity contribution in [2.45, 2.75) is 247 Å². The van der Waals surface area contributed by atoms with Crippen molar-refractivity contribution in [2.24, 2.45) is 17.8 Å². The molecule has 4 fully saturated rings. The van der Waals surface area contributed by atoms with Crippen LogP contribution in [0.2, 0.25) is 0 Å². The van der Waals surface area contributed by atoms with Crippen molar-refractivity contribution in [3.05, 3.63) is 24.3 Å². The number of aliphatic hydroxyl groups is 7. The predicted molar refractivity (Wildman–Crippen MR) is 239 cm³/mol. The standard InChI is InChI=1S/C49H85NO14/c1-11-34(51)26-35-19-17-24-48(62-35)28-37-30(2)38(63-48)29-49(58)33(27-45(5,6)64-49)18-15-13-12-14-16-23-46(7,56)44(55)42(61-40-21-20-36(50(9)10)32(4)59-40)41(53)31(3)43(54)47(8,57)25-22-39(52)60-37/h15,18,22,25,30-38,40-44,51,53-58H,11-14,16-17,19-21,23-24,26-29H2,1-10H3/b18-15-,25-22-/t30-,31+,32-,33+,34+,35+,36-,37-,38-,40-,41+,42-,43-,44+,46+,47+,48+,49-/m0/s1. The molecule has 5 aliphatic rings. The molecule has 0 radical (unpaired) electrons. The van der Waals surface area contributed by atoms with Gasteiger partial charge in [0.25, 0.3) is 0 Å². The van der Waals surface area contributed by atoms with Gasteiger partial charge in [0.2, 0.25) is 0 Å². The van der Waals surface area contributed by atoms with Crippen LogP contribution >= 0.6 is 0 Å². The number of hydrogen-bond acceptors (Lipinski definition) is 15. The topological polar surface area (TPSA) is 217 Å². The highest BCUT2D eigenvalue weighted by Crippen LogP contribution is 2.49. The van der Waals surface area contributed by atoms with Gasteiger partial charge in [0.1, 0.15) is 23.9 Å². The Morgan fingerprint density at radius 3 is 2.25 bits per heavy atom. The predicted octanol–water partition coefficient (Wildman–Crippen LogP) is 4.78. The van der Waals surface area contributed by atoms with Crippen LogP contribution in [-0.4, -0.2) is 156 Å². The van der Waals surface area contributed by atoms with Crippen LogP contribution in [-0.2, 0) is 33.2 Å². The van der Waals surface area contributed by atoms with Gasteiger partial charge in [-0.25, -0.2) is 4.79 Å². The van der Waals surface area contributed by atoms with Gasteiger partial charge in [0.05, 0.1) is 47.8 Å². The first-order valence-electron chi connectivity index (χ1n) is 24.3. The molecule has 5 aliphatic heterocycles. The molecule has 2 bridgehead atoms. The van der Waals surface area contributed by atoms with E-state index in [-0.39, 0.29) is 43.4 Å². The van der Waals surface area contributed by atoms with Gasteiger partial charge in [-0.1, -0.05) is 45.8 Å². The minimum Gasteiger partial charge on any atom is -0.459 e. The number of aliphatic hydroxyl groups excluding tert-OH is 4. The van der Waals surface area contributed by atoms with E-state index in [0.717, 1.165) is 44.3 Å². The lowest BCUT2D eigenvalue weighted by Crippen LogP contribution is -2.58. The molecule has 0 unspecified atom stereocenters. The minimum atomic E-state index is -2.08. The highest BCUT2D eigenvalue weighted by Gasteiger charge is 2.56. The number of ether oxygens (including phenoxy) is 6. The Bertz CT molecular complexity index is 1550. The summed E-state index contributed by atoms with van der Waals surface area (Å²) >= 11 is 0. The lowest BCUT2D eigenvalue weighted by atomic mass is 9.79. The maximum Gasteiger partial charge on any atom is 0.330 e. The monoisotopic (exact) mass is 912 g/mol. The van der Waals surface area contributed by atoms with Gasteiger partial charge in [-0.05, 0) is 119 Å². The lowest BCUT2D eigenvalue weighted by Gasteiger charge is -2.51. The summed E-state index contributed by atoms with van der Waals surface area (Å²) in [6.45, 7) is 14.0. The SMILES string of the molecule is CC[C@@H](O)C[C@H]1CCC[C@@]2(C[C@@H]3OC(=O)/C=C\[C@@](C)(O)[C@@H](O)[C@H](C)[C@@H](O)[C@H](O[C@H]4CC[C@H](N(C)C)[C@H](C)O4)[C@@H](O)[C@](C)(O)CCCCC/C=C\[C@@H]4CC(C)(C)O[C@@]4(O)C[C@H](O2)[C@H]3C)O1. The molecule has 5 heterocycles. The van der Waals surface area contributed by atoms with E-state index in [0.29, 0.717) is 44.9 Å². The number of hydrogen-bond donors (Lipinski definition) is 7. The number of carbonyl (C=O) groups excluding carboxylic acids is 1. The molecule has 15 nitrogen and oxygen atoms in total.